The SMILES string of the molecule is CCCCCCNC(=O)C12CC3CC(C1)CC(c1ccccc1)(C3)C2. The van der Waals surface area contributed by atoms with Crippen LogP contribution in [0, 0.1) is 17.3 Å². The molecule has 4 fully saturated rings. The lowest BCUT2D eigenvalue weighted by atomic mass is 9.42. The molecule has 25 heavy (non-hydrogen) atoms. The summed E-state index contributed by atoms with van der Waals surface area (Å²) in [5.74, 6) is 1.89. The highest BCUT2D eigenvalue weighted by molar-refractivity contribution is 5.83. The first kappa shape index (κ1) is 17.1. The van der Waals surface area contributed by atoms with Gasteiger partial charge in [0.2, 0.25) is 5.91 Å². The second kappa shape index (κ2) is 6.78. The van der Waals surface area contributed by atoms with Gasteiger partial charge in [0, 0.05) is 6.54 Å². The minimum absolute atomic E-state index is 0.0787. The molecule has 5 rings (SSSR count). The fraction of sp³-hybridized carbons (Fsp3) is 0.696. The van der Waals surface area contributed by atoms with E-state index in [1.165, 1.54) is 44.1 Å². The largest absolute Gasteiger partial charge is 0.356 e. The van der Waals surface area contributed by atoms with Crippen molar-refractivity contribution in [3.05, 3.63) is 35.9 Å². The molecule has 2 unspecified atom stereocenters. The van der Waals surface area contributed by atoms with E-state index in [0.29, 0.717) is 5.91 Å². The van der Waals surface area contributed by atoms with E-state index in [9.17, 15) is 4.79 Å². The topological polar surface area (TPSA) is 29.1 Å². The van der Waals surface area contributed by atoms with Gasteiger partial charge in [-0.1, -0.05) is 56.5 Å². The predicted octanol–water partition coefficient (Wildman–Crippen LogP) is 5.22. The molecule has 1 aromatic rings. The highest BCUT2D eigenvalue weighted by Crippen LogP contribution is 2.65. The third kappa shape index (κ3) is 3.13. The van der Waals surface area contributed by atoms with Crippen molar-refractivity contribution in [1.82, 2.24) is 5.32 Å². The lowest BCUT2D eigenvalue weighted by Gasteiger charge is -2.61. The van der Waals surface area contributed by atoms with Gasteiger partial charge in [0.15, 0.2) is 0 Å². The monoisotopic (exact) mass is 339 g/mol. The fourth-order valence-electron chi connectivity index (χ4n) is 6.60. The molecule has 1 aromatic carbocycles. The number of amides is 1. The molecule has 4 saturated carbocycles. The van der Waals surface area contributed by atoms with Gasteiger partial charge < -0.3 is 5.32 Å². The molecule has 0 saturated heterocycles. The molecule has 0 radical (unpaired) electrons. The second-order valence-corrected chi connectivity index (χ2v) is 9.20. The Bertz CT molecular complexity index is 594. The first-order valence-electron chi connectivity index (χ1n) is 10.5. The van der Waals surface area contributed by atoms with E-state index >= 15 is 0 Å². The number of benzene rings is 1. The first-order chi connectivity index (χ1) is 12.2. The Hall–Kier alpha value is -1.31. The Morgan fingerprint density at radius 1 is 1.04 bits per heavy atom. The van der Waals surface area contributed by atoms with Crippen LogP contribution in [0.25, 0.3) is 0 Å². The van der Waals surface area contributed by atoms with Crippen molar-refractivity contribution in [3.63, 3.8) is 0 Å². The summed E-state index contributed by atoms with van der Waals surface area (Å²) >= 11 is 0. The molecule has 0 spiro atoms. The number of hydrogen-bond donors (Lipinski definition) is 1. The molecule has 1 N–H and O–H groups in total. The maximum atomic E-state index is 13.2. The zero-order chi connectivity index (χ0) is 17.3. The number of rotatable bonds is 7. The molecule has 1 amide bonds. The molecule has 2 heteroatoms. The van der Waals surface area contributed by atoms with Gasteiger partial charge in [0.25, 0.3) is 0 Å². The Morgan fingerprint density at radius 2 is 1.76 bits per heavy atom. The standard InChI is InChI=1S/C23H33NO/c1-2-3-4-8-11-24-21(25)23-15-18-12-19(16-23)14-22(13-18,17-23)20-9-6-5-7-10-20/h5-7,9-10,18-19H,2-4,8,11-17H2,1H3,(H,24,25). The lowest BCUT2D eigenvalue weighted by Crippen LogP contribution is -2.59. The average Bonchev–Trinajstić information content (AvgIpc) is 2.61. The molecule has 2 atom stereocenters. The van der Waals surface area contributed by atoms with Gasteiger partial charge >= 0.3 is 0 Å². The Labute approximate surface area is 152 Å². The van der Waals surface area contributed by atoms with Crippen molar-refractivity contribution < 1.29 is 4.79 Å². The maximum Gasteiger partial charge on any atom is 0.226 e. The minimum Gasteiger partial charge on any atom is -0.356 e. The predicted molar refractivity (Wildman–Crippen MR) is 102 cm³/mol. The first-order valence-corrected chi connectivity index (χ1v) is 10.5. The van der Waals surface area contributed by atoms with Crippen LogP contribution in [-0.4, -0.2) is 12.5 Å². The van der Waals surface area contributed by atoms with Crippen molar-refractivity contribution in [2.24, 2.45) is 17.3 Å². The van der Waals surface area contributed by atoms with Gasteiger partial charge in [0.05, 0.1) is 5.41 Å². The summed E-state index contributed by atoms with van der Waals surface area (Å²) in [5.41, 5.74) is 1.68. The maximum absolute atomic E-state index is 13.2. The van der Waals surface area contributed by atoms with Gasteiger partial charge in [-0.25, -0.2) is 0 Å². The fourth-order valence-corrected chi connectivity index (χ4v) is 6.60. The molecular weight excluding hydrogens is 306 g/mol. The highest BCUT2D eigenvalue weighted by Gasteiger charge is 2.60. The van der Waals surface area contributed by atoms with E-state index in [0.717, 1.165) is 44.1 Å². The van der Waals surface area contributed by atoms with Crippen molar-refractivity contribution in [2.45, 2.75) is 76.5 Å². The third-order valence-corrected chi connectivity index (χ3v) is 7.24. The summed E-state index contributed by atoms with van der Waals surface area (Å²) in [7, 11) is 0. The number of unbranched alkanes of at least 4 members (excludes halogenated alkanes) is 3. The van der Waals surface area contributed by atoms with Crippen molar-refractivity contribution in [1.29, 1.82) is 0 Å². The quantitative estimate of drug-likeness (QED) is 0.678. The Balaban J connectivity index is 1.50. The second-order valence-electron chi connectivity index (χ2n) is 9.20. The molecule has 2 nitrogen and oxygen atoms in total. The Morgan fingerprint density at radius 3 is 2.44 bits per heavy atom. The molecular formula is C23H33NO. The zero-order valence-electron chi connectivity index (χ0n) is 15.7. The van der Waals surface area contributed by atoms with Gasteiger partial charge in [-0.3, -0.25) is 4.79 Å². The van der Waals surface area contributed by atoms with Crippen LogP contribution >= 0.6 is 0 Å². The van der Waals surface area contributed by atoms with Gasteiger partial charge in [-0.15, -0.1) is 0 Å². The van der Waals surface area contributed by atoms with Crippen molar-refractivity contribution >= 4 is 5.91 Å². The van der Waals surface area contributed by atoms with Crippen LogP contribution in [0.2, 0.25) is 0 Å². The lowest BCUT2D eigenvalue weighted by molar-refractivity contribution is -0.149. The van der Waals surface area contributed by atoms with Crippen LogP contribution in [0.15, 0.2) is 30.3 Å². The van der Waals surface area contributed by atoms with E-state index in [4.69, 9.17) is 0 Å². The summed E-state index contributed by atoms with van der Waals surface area (Å²) < 4.78 is 0. The van der Waals surface area contributed by atoms with Gasteiger partial charge in [-0.05, 0) is 67.8 Å². The molecule has 0 heterocycles. The molecule has 4 aliphatic carbocycles. The van der Waals surface area contributed by atoms with E-state index in [-0.39, 0.29) is 10.8 Å². The molecule has 136 valence electrons. The molecule has 0 aromatic heterocycles. The number of carbonyl (C=O) groups is 1. The summed E-state index contributed by atoms with van der Waals surface area (Å²) in [4.78, 5) is 13.2. The van der Waals surface area contributed by atoms with Crippen LogP contribution in [0.4, 0.5) is 0 Å². The average molecular weight is 340 g/mol. The van der Waals surface area contributed by atoms with Crippen LogP contribution in [-0.2, 0) is 10.2 Å². The van der Waals surface area contributed by atoms with Crippen LogP contribution in [0.3, 0.4) is 0 Å². The van der Waals surface area contributed by atoms with Crippen LogP contribution in [0.5, 0.6) is 0 Å². The Kier molecular flexibility index (Phi) is 4.64. The molecule has 4 aliphatic rings. The highest BCUT2D eigenvalue weighted by atomic mass is 16.2. The molecule has 4 bridgehead atoms. The van der Waals surface area contributed by atoms with E-state index < -0.39 is 0 Å². The summed E-state index contributed by atoms with van der Waals surface area (Å²) in [6.07, 6.45) is 12.2. The van der Waals surface area contributed by atoms with E-state index in [2.05, 4.69) is 42.6 Å². The van der Waals surface area contributed by atoms with Crippen LogP contribution in [0.1, 0.15) is 76.7 Å². The minimum atomic E-state index is -0.0787. The van der Waals surface area contributed by atoms with Gasteiger partial charge in [0.1, 0.15) is 0 Å². The number of nitrogens with one attached hydrogen (secondary N) is 1. The normalized spacial score (nSPS) is 35.7. The van der Waals surface area contributed by atoms with Crippen molar-refractivity contribution in [2.75, 3.05) is 6.54 Å². The summed E-state index contributed by atoms with van der Waals surface area (Å²) in [6.45, 7) is 3.10. The summed E-state index contributed by atoms with van der Waals surface area (Å²) in [6, 6.07) is 11.1. The van der Waals surface area contributed by atoms with E-state index in [1.807, 2.05) is 0 Å². The number of carbonyl (C=O) groups excluding carboxylic acids is 1. The van der Waals surface area contributed by atoms with Crippen molar-refractivity contribution in [3.8, 4) is 0 Å². The van der Waals surface area contributed by atoms with Crippen LogP contribution < -0.4 is 5.32 Å². The zero-order valence-corrected chi connectivity index (χ0v) is 15.7. The summed E-state index contributed by atoms with van der Waals surface area (Å²) in [5, 5.41) is 3.33. The number of hydrogen-bond acceptors (Lipinski definition) is 1. The molecule has 0 aliphatic heterocycles. The third-order valence-electron chi connectivity index (χ3n) is 7.24. The van der Waals surface area contributed by atoms with E-state index in [1.54, 1.807) is 0 Å². The smallest absolute Gasteiger partial charge is 0.226 e. The van der Waals surface area contributed by atoms with Gasteiger partial charge in [-0.2, -0.15) is 0 Å².